The second-order valence-corrected chi connectivity index (χ2v) is 5.71. The Morgan fingerprint density at radius 2 is 1.64 bits per heavy atom. The van der Waals surface area contributed by atoms with E-state index in [4.69, 9.17) is 0 Å². The number of pyridine rings is 1. The predicted molar refractivity (Wildman–Crippen MR) is 83.9 cm³/mol. The first kappa shape index (κ1) is 17.9. The zero-order chi connectivity index (χ0) is 20.3. The van der Waals surface area contributed by atoms with Gasteiger partial charge in [0.15, 0.2) is 0 Å². The Morgan fingerprint density at radius 1 is 0.929 bits per heavy atom. The van der Waals surface area contributed by atoms with Gasteiger partial charge in [0.1, 0.15) is 0 Å². The summed E-state index contributed by atoms with van der Waals surface area (Å²) in [5.74, 6) is -1.84. The summed E-state index contributed by atoms with van der Waals surface area (Å²) in [4.78, 5) is 19.6. The molecular formula is C16H7F6N5O. The highest BCUT2D eigenvalue weighted by Gasteiger charge is 2.37. The SMILES string of the molecule is O=c1c2cnc3nc(C(F)(F)F)nn3c2ccn1-c1ccccc1C(F)(F)F. The van der Waals surface area contributed by atoms with Crippen molar-refractivity contribution in [1.82, 2.24) is 24.1 Å². The highest BCUT2D eigenvalue weighted by molar-refractivity contribution is 5.79. The summed E-state index contributed by atoms with van der Waals surface area (Å²) in [6.45, 7) is 0. The van der Waals surface area contributed by atoms with Crippen LogP contribution in [0.1, 0.15) is 11.4 Å². The van der Waals surface area contributed by atoms with Crippen molar-refractivity contribution in [1.29, 1.82) is 0 Å². The molecule has 0 N–H and O–H groups in total. The monoisotopic (exact) mass is 399 g/mol. The maximum Gasteiger partial charge on any atom is 0.453 e. The van der Waals surface area contributed by atoms with Crippen LogP contribution < -0.4 is 5.56 Å². The number of para-hydroxylation sites is 1. The lowest BCUT2D eigenvalue weighted by molar-refractivity contribution is -0.144. The number of rotatable bonds is 1. The second-order valence-electron chi connectivity index (χ2n) is 5.71. The largest absolute Gasteiger partial charge is 0.453 e. The molecule has 6 nitrogen and oxygen atoms in total. The van der Waals surface area contributed by atoms with Gasteiger partial charge in [-0.3, -0.25) is 9.36 Å². The molecule has 144 valence electrons. The Balaban J connectivity index is 1.99. The number of hydrogen-bond donors (Lipinski definition) is 0. The topological polar surface area (TPSA) is 65.1 Å². The highest BCUT2D eigenvalue weighted by Crippen LogP contribution is 2.33. The Morgan fingerprint density at radius 3 is 2.32 bits per heavy atom. The number of benzene rings is 1. The fourth-order valence-corrected chi connectivity index (χ4v) is 2.75. The molecule has 0 spiro atoms. The normalized spacial score (nSPS) is 12.8. The van der Waals surface area contributed by atoms with E-state index in [1.807, 2.05) is 0 Å². The Hall–Kier alpha value is -3.44. The number of halogens is 6. The van der Waals surface area contributed by atoms with Gasteiger partial charge in [0.05, 0.1) is 22.2 Å². The van der Waals surface area contributed by atoms with Crippen LogP contribution in [0.2, 0.25) is 0 Å². The van der Waals surface area contributed by atoms with Crippen molar-refractivity contribution in [2.45, 2.75) is 12.4 Å². The van der Waals surface area contributed by atoms with E-state index >= 15 is 0 Å². The first-order chi connectivity index (χ1) is 13.1. The van der Waals surface area contributed by atoms with Gasteiger partial charge < -0.3 is 0 Å². The molecule has 1 aromatic carbocycles. The lowest BCUT2D eigenvalue weighted by atomic mass is 10.1. The summed E-state index contributed by atoms with van der Waals surface area (Å²) < 4.78 is 79.6. The van der Waals surface area contributed by atoms with Crippen LogP contribution in [0.3, 0.4) is 0 Å². The van der Waals surface area contributed by atoms with Crippen LogP contribution in [0.25, 0.3) is 22.4 Å². The average Bonchev–Trinajstić information content (AvgIpc) is 3.06. The van der Waals surface area contributed by atoms with Crippen molar-refractivity contribution >= 4 is 16.7 Å². The van der Waals surface area contributed by atoms with E-state index in [1.165, 1.54) is 18.2 Å². The number of alkyl halides is 6. The zero-order valence-corrected chi connectivity index (χ0v) is 13.5. The minimum atomic E-state index is -4.82. The molecule has 28 heavy (non-hydrogen) atoms. The van der Waals surface area contributed by atoms with Crippen molar-refractivity contribution in [3.05, 3.63) is 64.5 Å². The molecule has 0 fully saturated rings. The van der Waals surface area contributed by atoms with E-state index in [0.717, 1.165) is 33.6 Å². The highest BCUT2D eigenvalue weighted by atomic mass is 19.4. The first-order valence-electron chi connectivity index (χ1n) is 7.58. The summed E-state index contributed by atoms with van der Waals surface area (Å²) in [5.41, 5.74) is -2.42. The van der Waals surface area contributed by atoms with Crippen molar-refractivity contribution in [3.8, 4) is 5.69 Å². The molecule has 0 amide bonds. The van der Waals surface area contributed by atoms with Gasteiger partial charge in [-0.2, -0.15) is 35.8 Å². The van der Waals surface area contributed by atoms with Crippen molar-refractivity contribution in [3.63, 3.8) is 0 Å². The maximum absolute atomic E-state index is 13.2. The third-order valence-electron chi connectivity index (χ3n) is 3.96. The van der Waals surface area contributed by atoms with Crippen molar-refractivity contribution < 1.29 is 26.3 Å². The summed E-state index contributed by atoms with van der Waals surface area (Å²) in [6, 6.07) is 5.61. The van der Waals surface area contributed by atoms with Gasteiger partial charge in [0.25, 0.3) is 17.2 Å². The fourth-order valence-electron chi connectivity index (χ4n) is 2.75. The quantitative estimate of drug-likeness (QED) is 0.460. The third kappa shape index (κ3) is 2.77. The molecule has 0 unspecified atom stereocenters. The van der Waals surface area contributed by atoms with Crippen LogP contribution in [0, 0.1) is 0 Å². The Bertz CT molecular complexity index is 1270. The molecular weight excluding hydrogens is 392 g/mol. The van der Waals surface area contributed by atoms with Crippen LogP contribution in [-0.2, 0) is 12.4 Å². The van der Waals surface area contributed by atoms with E-state index in [2.05, 4.69) is 15.1 Å². The molecule has 4 aromatic rings. The van der Waals surface area contributed by atoms with Crippen molar-refractivity contribution in [2.75, 3.05) is 0 Å². The molecule has 4 rings (SSSR count). The Labute approximate surface area is 150 Å². The molecule has 3 aromatic heterocycles. The molecule has 3 heterocycles. The van der Waals surface area contributed by atoms with Crippen molar-refractivity contribution in [2.24, 2.45) is 0 Å². The van der Waals surface area contributed by atoms with Crippen LogP contribution in [0.4, 0.5) is 26.3 Å². The number of aromatic nitrogens is 5. The van der Waals surface area contributed by atoms with Crippen LogP contribution in [0.15, 0.2) is 47.5 Å². The molecule has 0 bridgehead atoms. The van der Waals surface area contributed by atoms with Gasteiger partial charge in [-0.05, 0) is 18.2 Å². The smallest absolute Gasteiger partial charge is 0.283 e. The summed E-state index contributed by atoms with van der Waals surface area (Å²) in [6.07, 6.45) is -7.54. The molecule has 0 aliphatic carbocycles. The fraction of sp³-hybridized carbons (Fsp3) is 0.125. The van der Waals surface area contributed by atoms with Gasteiger partial charge in [-0.15, -0.1) is 5.10 Å². The van der Waals surface area contributed by atoms with Gasteiger partial charge in [-0.1, -0.05) is 12.1 Å². The van der Waals surface area contributed by atoms with Crippen LogP contribution >= 0.6 is 0 Å². The van der Waals surface area contributed by atoms with Crippen LogP contribution in [-0.4, -0.2) is 24.1 Å². The summed E-state index contributed by atoms with van der Waals surface area (Å²) in [7, 11) is 0. The molecule has 0 atom stereocenters. The van der Waals surface area contributed by atoms with Gasteiger partial charge in [0.2, 0.25) is 0 Å². The summed E-state index contributed by atoms with van der Waals surface area (Å²) in [5, 5.41) is 3.09. The van der Waals surface area contributed by atoms with E-state index in [9.17, 15) is 31.1 Å². The molecule has 12 heteroatoms. The van der Waals surface area contributed by atoms with Crippen LogP contribution in [0.5, 0.6) is 0 Å². The van der Waals surface area contributed by atoms with E-state index in [-0.39, 0.29) is 10.9 Å². The zero-order valence-electron chi connectivity index (χ0n) is 13.5. The molecule has 0 saturated heterocycles. The van der Waals surface area contributed by atoms with E-state index in [0.29, 0.717) is 0 Å². The van der Waals surface area contributed by atoms with Gasteiger partial charge >= 0.3 is 12.4 Å². The number of hydrogen-bond acceptors (Lipinski definition) is 4. The number of nitrogens with zero attached hydrogens (tertiary/aromatic N) is 5. The average molecular weight is 399 g/mol. The second kappa shape index (κ2) is 5.78. The molecule has 0 aliphatic heterocycles. The third-order valence-corrected chi connectivity index (χ3v) is 3.96. The molecule has 0 aliphatic rings. The van der Waals surface area contributed by atoms with E-state index < -0.39 is 40.8 Å². The number of fused-ring (bicyclic) bond motifs is 3. The minimum Gasteiger partial charge on any atom is -0.283 e. The maximum atomic E-state index is 13.2. The first-order valence-corrected chi connectivity index (χ1v) is 7.58. The lowest BCUT2D eigenvalue weighted by Gasteiger charge is -2.14. The lowest BCUT2D eigenvalue weighted by Crippen LogP contribution is -2.22. The standard InChI is InChI=1S/C16H7F6N5O/c17-15(18,19)9-3-1-2-4-11(9)26-6-5-10-8(12(26)28)7-23-14-24-13(16(20,21)22)25-27(10)14/h1-7H. The minimum absolute atomic E-state index is 0.0706. The predicted octanol–water partition coefficient (Wildman–Crippen LogP) is 3.47. The summed E-state index contributed by atoms with van der Waals surface area (Å²) >= 11 is 0. The molecule has 0 radical (unpaired) electrons. The van der Waals surface area contributed by atoms with Gasteiger partial charge in [0, 0.05) is 12.4 Å². The Kier molecular flexibility index (Phi) is 3.70. The molecule has 0 saturated carbocycles. The van der Waals surface area contributed by atoms with E-state index in [1.54, 1.807) is 0 Å². The van der Waals surface area contributed by atoms with Gasteiger partial charge in [-0.25, -0.2) is 4.98 Å².